The Hall–Kier alpha value is -1.95. The van der Waals surface area contributed by atoms with E-state index in [0.29, 0.717) is 16.3 Å². The zero-order chi connectivity index (χ0) is 15.9. The summed E-state index contributed by atoms with van der Waals surface area (Å²) in [5.74, 6) is -0.202. The Morgan fingerprint density at radius 1 is 1.41 bits per heavy atom. The number of nitrogens with zero attached hydrogens (tertiary/aromatic N) is 2. The van der Waals surface area contributed by atoms with Crippen molar-refractivity contribution in [2.24, 2.45) is 4.99 Å². The Labute approximate surface area is 132 Å². The molecule has 0 fully saturated rings. The van der Waals surface area contributed by atoms with E-state index in [1.807, 2.05) is 0 Å². The van der Waals surface area contributed by atoms with Crippen LogP contribution in [0.15, 0.2) is 47.5 Å². The number of aliphatic imine (C=N–C) groups is 1. The standard InChI is InChI=1S/C16H15ClN2O3/c1-19-12-6-5-10(17)8-11(12)15(18-9-14(19)21)16(22)7-3-2-4-13(16)20/h2-8,13,20,22H,9H2,1H3. The van der Waals surface area contributed by atoms with Crippen LogP contribution in [-0.4, -0.2) is 47.1 Å². The molecule has 1 amide bonds. The van der Waals surface area contributed by atoms with Crippen molar-refractivity contribution in [1.29, 1.82) is 0 Å². The zero-order valence-electron chi connectivity index (χ0n) is 11.9. The first kappa shape index (κ1) is 15.0. The van der Waals surface area contributed by atoms with Gasteiger partial charge in [0.15, 0.2) is 5.60 Å². The monoisotopic (exact) mass is 318 g/mol. The molecule has 0 spiro atoms. The first-order chi connectivity index (χ1) is 10.4. The number of hydrogen-bond donors (Lipinski definition) is 2. The predicted octanol–water partition coefficient (Wildman–Crippen LogP) is 1.32. The molecule has 1 aromatic rings. The minimum absolute atomic E-state index is 0.106. The van der Waals surface area contributed by atoms with E-state index in [4.69, 9.17) is 11.6 Å². The minimum atomic E-state index is -1.69. The molecular weight excluding hydrogens is 304 g/mol. The molecule has 2 N–H and O–H groups in total. The second-order valence-corrected chi connectivity index (χ2v) is 5.73. The number of rotatable bonds is 1. The van der Waals surface area contributed by atoms with Gasteiger partial charge < -0.3 is 15.1 Å². The van der Waals surface area contributed by atoms with E-state index in [9.17, 15) is 15.0 Å². The zero-order valence-corrected chi connectivity index (χ0v) is 12.7. The molecule has 0 saturated carbocycles. The van der Waals surface area contributed by atoms with Crippen LogP contribution in [0.4, 0.5) is 5.69 Å². The number of amides is 1. The average Bonchev–Trinajstić information content (AvgIpc) is 2.61. The van der Waals surface area contributed by atoms with E-state index in [2.05, 4.69) is 4.99 Å². The number of hydrogen-bond acceptors (Lipinski definition) is 4. The number of fused-ring (bicyclic) bond motifs is 1. The van der Waals surface area contributed by atoms with Crippen molar-refractivity contribution < 1.29 is 15.0 Å². The van der Waals surface area contributed by atoms with Crippen LogP contribution in [0, 0.1) is 0 Å². The lowest BCUT2D eigenvalue weighted by molar-refractivity contribution is -0.116. The Morgan fingerprint density at radius 3 is 2.91 bits per heavy atom. The Morgan fingerprint density at radius 2 is 2.18 bits per heavy atom. The molecule has 0 bridgehead atoms. The highest BCUT2D eigenvalue weighted by atomic mass is 35.5. The third-order valence-corrected chi connectivity index (χ3v) is 4.14. The third kappa shape index (κ3) is 2.27. The van der Waals surface area contributed by atoms with Crippen molar-refractivity contribution in [3.8, 4) is 0 Å². The smallest absolute Gasteiger partial charge is 0.248 e. The number of benzene rings is 1. The van der Waals surface area contributed by atoms with E-state index in [1.54, 1.807) is 37.4 Å². The van der Waals surface area contributed by atoms with Gasteiger partial charge in [-0.05, 0) is 24.3 Å². The molecule has 1 aromatic carbocycles. The molecule has 0 aromatic heterocycles. The maximum Gasteiger partial charge on any atom is 0.248 e. The third-order valence-electron chi connectivity index (χ3n) is 3.91. The number of aliphatic hydroxyl groups excluding tert-OH is 1. The molecule has 0 radical (unpaired) electrons. The summed E-state index contributed by atoms with van der Waals surface area (Å²) in [4.78, 5) is 17.8. The van der Waals surface area contributed by atoms with Crippen molar-refractivity contribution in [3.63, 3.8) is 0 Å². The van der Waals surface area contributed by atoms with Crippen LogP contribution in [0.2, 0.25) is 5.02 Å². The predicted molar refractivity (Wildman–Crippen MR) is 85.5 cm³/mol. The normalized spacial score (nSPS) is 27.5. The second-order valence-electron chi connectivity index (χ2n) is 5.29. The number of likely N-dealkylation sites (N-methyl/N-ethyl adjacent to an activating group) is 1. The average molecular weight is 319 g/mol. The van der Waals surface area contributed by atoms with Crippen LogP contribution in [0.1, 0.15) is 5.56 Å². The first-order valence-electron chi connectivity index (χ1n) is 6.81. The quantitative estimate of drug-likeness (QED) is 0.820. The first-order valence-corrected chi connectivity index (χ1v) is 7.19. The number of halogens is 1. The summed E-state index contributed by atoms with van der Waals surface area (Å²) in [5.41, 5.74) is -0.341. The molecule has 1 heterocycles. The minimum Gasteiger partial charge on any atom is -0.385 e. The maximum atomic E-state index is 12.1. The summed E-state index contributed by atoms with van der Waals surface area (Å²) >= 11 is 6.07. The molecule has 22 heavy (non-hydrogen) atoms. The fourth-order valence-electron chi connectivity index (χ4n) is 2.64. The van der Waals surface area contributed by atoms with Crippen LogP contribution in [0.25, 0.3) is 0 Å². The Balaban J connectivity index is 2.22. The van der Waals surface area contributed by atoms with Crippen molar-refractivity contribution in [3.05, 3.63) is 53.1 Å². The molecule has 5 nitrogen and oxygen atoms in total. The second kappa shape index (κ2) is 5.35. The van der Waals surface area contributed by atoms with Crippen LogP contribution in [-0.2, 0) is 4.79 Å². The van der Waals surface area contributed by atoms with E-state index in [0.717, 1.165) is 0 Å². The van der Waals surface area contributed by atoms with Crippen LogP contribution >= 0.6 is 11.6 Å². The highest BCUT2D eigenvalue weighted by Crippen LogP contribution is 2.33. The van der Waals surface area contributed by atoms with Gasteiger partial charge in [-0.15, -0.1) is 0 Å². The van der Waals surface area contributed by atoms with Gasteiger partial charge in [-0.3, -0.25) is 9.79 Å². The molecule has 2 aliphatic rings. The van der Waals surface area contributed by atoms with Gasteiger partial charge in [0.05, 0.1) is 11.4 Å². The lowest BCUT2D eigenvalue weighted by atomic mass is 9.83. The fraction of sp³-hybridized carbons (Fsp3) is 0.250. The number of allylic oxidation sites excluding steroid dienone is 2. The molecule has 2 unspecified atom stereocenters. The highest BCUT2D eigenvalue weighted by Gasteiger charge is 2.41. The molecule has 0 saturated heterocycles. The van der Waals surface area contributed by atoms with Crippen LogP contribution in [0.5, 0.6) is 0 Å². The van der Waals surface area contributed by atoms with Crippen LogP contribution in [0.3, 0.4) is 0 Å². The fourth-order valence-corrected chi connectivity index (χ4v) is 2.81. The number of benzodiazepines with no additional fused rings is 1. The summed E-state index contributed by atoms with van der Waals surface area (Å²) < 4.78 is 0. The maximum absolute atomic E-state index is 12.1. The van der Waals surface area contributed by atoms with Gasteiger partial charge in [-0.1, -0.05) is 29.8 Å². The molecule has 1 aliphatic heterocycles. The van der Waals surface area contributed by atoms with E-state index < -0.39 is 11.7 Å². The van der Waals surface area contributed by atoms with E-state index in [1.165, 1.54) is 17.1 Å². The van der Waals surface area contributed by atoms with Gasteiger partial charge >= 0.3 is 0 Å². The van der Waals surface area contributed by atoms with Crippen LogP contribution < -0.4 is 4.90 Å². The topological polar surface area (TPSA) is 73.1 Å². The highest BCUT2D eigenvalue weighted by molar-refractivity contribution is 6.31. The van der Waals surface area contributed by atoms with Gasteiger partial charge in [0.1, 0.15) is 12.6 Å². The molecule has 6 heteroatoms. The van der Waals surface area contributed by atoms with E-state index in [-0.39, 0.29) is 18.2 Å². The molecular formula is C16H15ClN2O3. The van der Waals surface area contributed by atoms with Crippen molar-refractivity contribution in [1.82, 2.24) is 0 Å². The SMILES string of the molecule is CN1C(=O)CN=C(C2(O)C=CC=CC2O)c2cc(Cl)ccc21. The van der Waals surface area contributed by atoms with Gasteiger partial charge in [0, 0.05) is 17.6 Å². The van der Waals surface area contributed by atoms with Gasteiger partial charge in [-0.25, -0.2) is 0 Å². The lowest BCUT2D eigenvalue weighted by Crippen LogP contribution is -2.48. The molecule has 1 aliphatic carbocycles. The summed E-state index contributed by atoms with van der Waals surface area (Å²) in [7, 11) is 1.64. The number of aliphatic hydroxyl groups is 2. The molecule has 2 atom stereocenters. The van der Waals surface area contributed by atoms with Gasteiger partial charge in [-0.2, -0.15) is 0 Å². The number of anilines is 1. The van der Waals surface area contributed by atoms with Gasteiger partial charge in [0.25, 0.3) is 0 Å². The largest absolute Gasteiger partial charge is 0.385 e. The van der Waals surface area contributed by atoms with Crippen molar-refractivity contribution in [2.75, 3.05) is 18.5 Å². The number of carbonyl (C=O) groups is 1. The lowest BCUT2D eigenvalue weighted by Gasteiger charge is -2.32. The van der Waals surface area contributed by atoms with Crippen molar-refractivity contribution >= 4 is 28.9 Å². The summed E-state index contributed by atoms with van der Waals surface area (Å²) in [6.45, 7) is -0.106. The van der Waals surface area contributed by atoms with Crippen molar-refractivity contribution in [2.45, 2.75) is 11.7 Å². The Kier molecular flexibility index (Phi) is 3.64. The molecule has 114 valence electrons. The summed E-state index contributed by atoms with van der Waals surface area (Å²) in [6.07, 6.45) is 5.07. The van der Waals surface area contributed by atoms with E-state index >= 15 is 0 Å². The summed E-state index contributed by atoms with van der Waals surface area (Å²) in [6, 6.07) is 5.01. The summed E-state index contributed by atoms with van der Waals surface area (Å²) in [5, 5.41) is 21.6. The van der Waals surface area contributed by atoms with Gasteiger partial charge in [0.2, 0.25) is 5.91 Å². The Bertz CT molecular complexity index is 726. The number of carbonyl (C=O) groups excluding carboxylic acids is 1. The molecule has 3 rings (SSSR count).